The molecule has 1 N–H and O–H groups in total. The molecule has 0 atom stereocenters. The van der Waals surface area contributed by atoms with Crippen LogP contribution in [0.25, 0.3) is 10.8 Å². The highest BCUT2D eigenvalue weighted by molar-refractivity contribution is 7.93. The third-order valence-corrected chi connectivity index (χ3v) is 6.55. The van der Waals surface area contributed by atoms with E-state index in [0.29, 0.717) is 24.0 Å². The molecule has 0 unspecified atom stereocenters. The summed E-state index contributed by atoms with van der Waals surface area (Å²) < 4.78 is 28.8. The summed E-state index contributed by atoms with van der Waals surface area (Å²) in [6, 6.07) is 18.0. The number of carbonyl (C=O) groups excluding carboxylic acids is 1. The lowest BCUT2D eigenvalue weighted by Crippen LogP contribution is -2.35. The number of anilines is 2. The van der Waals surface area contributed by atoms with E-state index in [0.717, 1.165) is 29.5 Å². The smallest absolute Gasteiger partial charge is 0.262 e. The van der Waals surface area contributed by atoms with Crippen molar-refractivity contribution in [3.63, 3.8) is 0 Å². The first kappa shape index (κ1) is 18.5. The second-order valence-electron chi connectivity index (χ2n) is 7.09. The molecule has 5 nitrogen and oxygen atoms in total. The molecule has 3 aromatic rings. The fourth-order valence-corrected chi connectivity index (χ4v) is 4.94. The Morgan fingerprint density at radius 3 is 2.57 bits per heavy atom. The van der Waals surface area contributed by atoms with Crippen molar-refractivity contribution in [1.82, 2.24) is 0 Å². The first-order valence-corrected chi connectivity index (χ1v) is 10.9. The zero-order valence-electron chi connectivity index (χ0n) is 15.7. The SMILES string of the molecule is Cc1ccc(NS(=O)(=O)c2cccc3ccccc23)cc1N1CCCCC1=O. The van der Waals surface area contributed by atoms with Gasteiger partial charge in [-0.3, -0.25) is 9.52 Å². The van der Waals surface area contributed by atoms with E-state index in [9.17, 15) is 13.2 Å². The van der Waals surface area contributed by atoms with Crippen LogP contribution < -0.4 is 9.62 Å². The fraction of sp³-hybridized carbons (Fsp3) is 0.227. The lowest BCUT2D eigenvalue weighted by molar-refractivity contribution is -0.119. The Balaban J connectivity index is 1.70. The molecular formula is C22H22N2O3S. The minimum absolute atomic E-state index is 0.0865. The van der Waals surface area contributed by atoms with Crippen LogP contribution in [0.5, 0.6) is 0 Å². The van der Waals surface area contributed by atoms with Gasteiger partial charge in [0, 0.05) is 24.0 Å². The van der Waals surface area contributed by atoms with Gasteiger partial charge >= 0.3 is 0 Å². The zero-order valence-corrected chi connectivity index (χ0v) is 16.5. The van der Waals surface area contributed by atoms with Crippen molar-refractivity contribution in [3.05, 3.63) is 66.2 Å². The lowest BCUT2D eigenvalue weighted by Gasteiger charge is -2.28. The Kier molecular flexibility index (Phi) is 4.81. The van der Waals surface area contributed by atoms with Gasteiger partial charge in [0.2, 0.25) is 5.91 Å². The number of sulfonamides is 1. The maximum atomic E-state index is 13.1. The number of piperidine rings is 1. The van der Waals surface area contributed by atoms with Crippen molar-refractivity contribution >= 4 is 38.1 Å². The first-order chi connectivity index (χ1) is 13.5. The second kappa shape index (κ2) is 7.28. The van der Waals surface area contributed by atoms with Crippen LogP contribution in [0.1, 0.15) is 24.8 Å². The number of fused-ring (bicyclic) bond motifs is 1. The molecule has 0 spiro atoms. The monoisotopic (exact) mass is 394 g/mol. The molecule has 3 aromatic carbocycles. The highest BCUT2D eigenvalue weighted by atomic mass is 32.2. The molecule has 0 saturated carbocycles. The Morgan fingerprint density at radius 1 is 0.964 bits per heavy atom. The van der Waals surface area contributed by atoms with Crippen LogP contribution in [0.15, 0.2) is 65.6 Å². The minimum atomic E-state index is -3.77. The van der Waals surface area contributed by atoms with Crippen molar-refractivity contribution in [2.24, 2.45) is 0 Å². The quantitative estimate of drug-likeness (QED) is 0.710. The molecule has 1 aliphatic rings. The van der Waals surface area contributed by atoms with Gasteiger partial charge in [-0.15, -0.1) is 0 Å². The first-order valence-electron chi connectivity index (χ1n) is 9.37. The van der Waals surface area contributed by atoms with Crippen LogP contribution in [0, 0.1) is 6.92 Å². The maximum Gasteiger partial charge on any atom is 0.262 e. The van der Waals surface area contributed by atoms with Gasteiger partial charge in [-0.2, -0.15) is 0 Å². The molecule has 0 aromatic heterocycles. The normalized spacial score (nSPS) is 15.0. The maximum absolute atomic E-state index is 13.1. The van der Waals surface area contributed by atoms with Gasteiger partial charge in [-0.1, -0.05) is 42.5 Å². The standard InChI is InChI=1S/C22H22N2O3S/c1-16-12-13-18(15-20(16)24-14-5-4-11-22(24)25)23-28(26,27)21-10-6-8-17-7-2-3-9-19(17)21/h2-3,6-10,12-13,15,23H,4-5,11,14H2,1H3. The molecule has 144 valence electrons. The molecule has 0 radical (unpaired) electrons. The summed E-state index contributed by atoms with van der Waals surface area (Å²) >= 11 is 0. The predicted octanol–water partition coefficient (Wildman–Crippen LogP) is 4.47. The summed E-state index contributed by atoms with van der Waals surface area (Å²) in [5, 5.41) is 1.55. The third-order valence-electron chi connectivity index (χ3n) is 5.11. The second-order valence-corrected chi connectivity index (χ2v) is 8.74. The third kappa shape index (κ3) is 3.47. The average Bonchev–Trinajstić information content (AvgIpc) is 2.69. The van der Waals surface area contributed by atoms with Crippen molar-refractivity contribution in [3.8, 4) is 0 Å². The molecule has 1 fully saturated rings. The van der Waals surface area contributed by atoms with E-state index >= 15 is 0 Å². The number of aryl methyl sites for hydroxylation is 1. The summed E-state index contributed by atoms with van der Waals surface area (Å²) in [4.78, 5) is 14.3. The van der Waals surface area contributed by atoms with Gasteiger partial charge in [0.1, 0.15) is 0 Å². The zero-order chi connectivity index (χ0) is 19.7. The van der Waals surface area contributed by atoms with E-state index in [-0.39, 0.29) is 10.8 Å². The van der Waals surface area contributed by atoms with Crippen LogP contribution in [0.4, 0.5) is 11.4 Å². The molecule has 1 heterocycles. The Bertz CT molecular complexity index is 1150. The van der Waals surface area contributed by atoms with E-state index < -0.39 is 10.0 Å². The molecule has 1 aliphatic heterocycles. The number of hydrogen-bond acceptors (Lipinski definition) is 3. The van der Waals surface area contributed by atoms with Crippen LogP contribution >= 0.6 is 0 Å². The van der Waals surface area contributed by atoms with Crippen LogP contribution in [-0.2, 0) is 14.8 Å². The number of nitrogens with one attached hydrogen (secondary N) is 1. The number of amides is 1. The molecule has 1 saturated heterocycles. The summed E-state index contributed by atoms with van der Waals surface area (Å²) in [5.41, 5.74) is 2.16. The van der Waals surface area contributed by atoms with Crippen molar-refractivity contribution in [2.75, 3.05) is 16.2 Å². The highest BCUT2D eigenvalue weighted by Crippen LogP contribution is 2.30. The molecule has 0 bridgehead atoms. The number of nitrogens with zero attached hydrogens (tertiary/aromatic N) is 1. The number of rotatable bonds is 4. The lowest BCUT2D eigenvalue weighted by atomic mass is 10.1. The largest absolute Gasteiger partial charge is 0.312 e. The minimum Gasteiger partial charge on any atom is -0.312 e. The highest BCUT2D eigenvalue weighted by Gasteiger charge is 2.22. The van der Waals surface area contributed by atoms with Gasteiger partial charge in [0.05, 0.1) is 10.6 Å². The van der Waals surface area contributed by atoms with Gasteiger partial charge in [-0.05, 0) is 48.9 Å². The Labute approximate surface area is 165 Å². The molecule has 6 heteroatoms. The van der Waals surface area contributed by atoms with E-state index in [2.05, 4.69) is 4.72 Å². The molecule has 0 aliphatic carbocycles. The van der Waals surface area contributed by atoms with Crippen molar-refractivity contribution in [1.29, 1.82) is 0 Å². The topological polar surface area (TPSA) is 66.5 Å². The number of benzene rings is 3. The number of carbonyl (C=O) groups is 1. The van der Waals surface area contributed by atoms with Crippen LogP contribution in [-0.4, -0.2) is 20.9 Å². The van der Waals surface area contributed by atoms with Crippen molar-refractivity contribution < 1.29 is 13.2 Å². The summed E-state index contributed by atoms with van der Waals surface area (Å²) in [6.45, 7) is 2.60. The van der Waals surface area contributed by atoms with Gasteiger partial charge in [0.15, 0.2) is 0 Å². The van der Waals surface area contributed by atoms with E-state index in [4.69, 9.17) is 0 Å². The molecule has 4 rings (SSSR count). The Morgan fingerprint density at radius 2 is 1.75 bits per heavy atom. The van der Waals surface area contributed by atoms with Gasteiger partial charge in [0.25, 0.3) is 10.0 Å². The predicted molar refractivity (Wildman–Crippen MR) is 112 cm³/mol. The summed E-state index contributed by atoms with van der Waals surface area (Å²) in [6.07, 6.45) is 2.39. The van der Waals surface area contributed by atoms with Gasteiger partial charge in [-0.25, -0.2) is 8.42 Å². The molecule has 1 amide bonds. The fourth-order valence-electron chi connectivity index (χ4n) is 3.66. The Hall–Kier alpha value is -2.86. The van der Waals surface area contributed by atoms with E-state index in [1.165, 1.54) is 0 Å². The summed E-state index contributed by atoms with van der Waals surface area (Å²) in [5.74, 6) is 0.0865. The molecular weight excluding hydrogens is 372 g/mol. The van der Waals surface area contributed by atoms with Crippen molar-refractivity contribution in [2.45, 2.75) is 31.1 Å². The average molecular weight is 394 g/mol. The van der Waals surface area contributed by atoms with E-state index in [1.54, 1.807) is 35.2 Å². The molecule has 28 heavy (non-hydrogen) atoms. The van der Waals surface area contributed by atoms with Crippen LogP contribution in [0.2, 0.25) is 0 Å². The number of hydrogen-bond donors (Lipinski definition) is 1. The van der Waals surface area contributed by atoms with Gasteiger partial charge < -0.3 is 4.90 Å². The van der Waals surface area contributed by atoms with E-state index in [1.807, 2.05) is 37.3 Å². The van der Waals surface area contributed by atoms with Crippen LogP contribution in [0.3, 0.4) is 0 Å². The summed E-state index contributed by atoms with van der Waals surface area (Å²) in [7, 11) is -3.77.